The molecule has 2 aromatic rings. The summed E-state index contributed by atoms with van der Waals surface area (Å²) in [6, 6.07) is 4.25. The van der Waals surface area contributed by atoms with Crippen molar-refractivity contribution in [3.8, 4) is 5.75 Å². The number of rotatable bonds is 4. The first-order chi connectivity index (χ1) is 14.8. The van der Waals surface area contributed by atoms with Crippen molar-refractivity contribution in [2.45, 2.75) is 62.8 Å². The van der Waals surface area contributed by atoms with Gasteiger partial charge in [-0.3, -0.25) is 4.79 Å². The van der Waals surface area contributed by atoms with Crippen molar-refractivity contribution >= 4 is 23.3 Å². The van der Waals surface area contributed by atoms with Gasteiger partial charge in [0.25, 0.3) is 5.91 Å². The lowest BCUT2D eigenvalue weighted by Crippen LogP contribution is -2.37. The van der Waals surface area contributed by atoms with E-state index in [-0.39, 0.29) is 29.0 Å². The van der Waals surface area contributed by atoms with E-state index < -0.39 is 24.2 Å². The predicted octanol–water partition coefficient (Wildman–Crippen LogP) is 5.27. The molecular formula is C21H24ClF3N4O2. The summed E-state index contributed by atoms with van der Waals surface area (Å²) in [6.07, 6.45) is 0.0212. The molecule has 0 saturated heterocycles. The van der Waals surface area contributed by atoms with Gasteiger partial charge in [-0.15, -0.1) is 0 Å². The van der Waals surface area contributed by atoms with Gasteiger partial charge in [-0.25, -0.2) is 4.68 Å². The number of hydrogen-bond acceptors (Lipinski definition) is 4. The second kappa shape index (κ2) is 8.61. The highest BCUT2D eigenvalue weighted by molar-refractivity contribution is 6.36. The number of fused-ring (bicyclic) bond motifs is 1. The van der Waals surface area contributed by atoms with E-state index in [1.54, 1.807) is 24.3 Å². The molecule has 0 unspecified atom stereocenters. The molecule has 2 N–H and O–H groups in total. The van der Waals surface area contributed by atoms with Crippen LogP contribution in [-0.2, 0) is 0 Å². The van der Waals surface area contributed by atoms with Crippen LogP contribution in [0.3, 0.4) is 0 Å². The summed E-state index contributed by atoms with van der Waals surface area (Å²) in [5, 5.41) is 9.81. The zero-order chi connectivity index (χ0) is 22.2. The van der Waals surface area contributed by atoms with Gasteiger partial charge < -0.3 is 15.4 Å². The molecule has 1 fully saturated rings. The summed E-state index contributed by atoms with van der Waals surface area (Å²) < 4.78 is 47.6. The highest BCUT2D eigenvalue weighted by Gasteiger charge is 2.48. The second-order valence-corrected chi connectivity index (χ2v) is 8.41. The molecule has 2 heterocycles. The Bertz CT molecular complexity index is 939. The molecular weight excluding hydrogens is 433 g/mol. The van der Waals surface area contributed by atoms with Crippen molar-refractivity contribution < 1.29 is 22.7 Å². The van der Waals surface area contributed by atoms with Gasteiger partial charge in [0.15, 0.2) is 11.7 Å². The van der Waals surface area contributed by atoms with E-state index in [1.165, 1.54) is 7.11 Å². The highest BCUT2D eigenvalue weighted by Crippen LogP contribution is 2.46. The number of benzene rings is 1. The van der Waals surface area contributed by atoms with E-state index in [0.29, 0.717) is 11.3 Å². The van der Waals surface area contributed by atoms with Crippen molar-refractivity contribution in [3.63, 3.8) is 0 Å². The number of alkyl halides is 3. The third kappa shape index (κ3) is 4.46. The number of aromatic nitrogens is 2. The van der Waals surface area contributed by atoms with Gasteiger partial charge in [-0.2, -0.15) is 18.3 Å². The minimum Gasteiger partial charge on any atom is -0.497 e. The lowest BCUT2D eigenvalue weighted by atomic mass is 9.95. The van der Waals surface area contributed by atoms with E-state index in [4.69, 9.17) is 16.3 Å². The van der Waals surface area contributed by atoms with Crippen LogP contribution in [0.2, 0.25) is 5.02 Å². The van der Waals surface area contributed by atoms with E-state index in [2.05, 4.69) is 15.7 Å². The first-order valence-electron chi connectivity index (χ1n) is 10.3. The number of nitrogens with one attached hydrogen (secondary N) is 2. The summed E-state index contributed by atoms with van der Waals surface area (Å²) in [5.74, 6) is 0.0732. The van der Waals surface area contributed by atoms with Gasteiger partial charge in [0.05, 0.1) is 13.2 Å². The molecule has 1 aromatic carbocycles. The van der Waals surface area contributed by atoms with Crippen LogP contribution in [0.25, 0.3) is 0 Å². The molecule has 1 aromatic heterocycles. The van der Waals surface area contributed by atoms with Crippen LogP contribution < -0.4 is 15.4 Å². The van der Waals surface area contributed by atoms with Crippen molar-refractivity contribution in [1.29, 1.82) is 0 Å². The molecule has 2 atom stereocenters. The Balaban J connectivity index is 1.64. The zero-order valence-corrected chi connectivity index (χ0v) is 17.8. The average molecular weight is 457 g/mol. The Morgan fingerprint density at radius 3 is 2.52 bits per heavy atom. The van der Waals surface area contributed by atoms with Gasteiger partial charge in [0, 0.05) is 12.5 Å². The number of carbonyl (C=O) groups is 1. The molecule has 1 amide bonds. The number of anilines is 1. The molecule has 31 heavy (non-hydrogen) atoms. The maximum Gasteiger partial charge on any atom is 0.410 e. The maximum absolute atomic E-state index is 13.9. The fourth-order valence-electron chi connectivity index (χ4n) is 4.29. The maximum atomic E-state index is 13.9. The summed E-state index contributed by atoms with van der Waals surface area (Å²) in [5.41, 5.74) is 0.478. The molecule has 2 aliphatic rings. The molecule has 0 radical (unpaired) electrons. The van der Waals surface area contributed by atoms with E-state index in [1.807, 2.05) is 0 Å². The van der Waals surface area contributed by atoms with Crippen LogP contribution in [0.4, 0.5) is 19.0 Å². The zero-order valence-electron chi connectivity index (χ0n) is 17.0. The molecule has 4 rings (SSSR count). The normalized spacial score (nSPS) is 21.8. The summed E-state index contributed by atoms with van der Waals surface area (Å²) in [6.45, 7) is 0. The van der Waals surface area contributed by atoms with E-state index >= 15 is 0 Å². The Kier molecular flexibility index (Phi) is 6.05. The molecule has 6 nitrogen and oxygen atoms in total. The Hall–Kier alpha value is -2.42. The minimum atomic E-state index is -4.55. The summed E-state index contributed by atoms with van der Waals surface area (Å²) >= 11 is 6.38. The molecule has 10 heteroatoms. The monoisotopic (exact) mass is 456 g/mol. The van der Waals surface area contributed by atoms with Crippen LogP contribution in [0.1, 0.15) is 66.7 Å². The topological polar surface area (TPSA) is 68.2 Å². The van der Waals surface area contributed by atoms with Crippen LogP contribution in [0, 0.1) is 0 Å². The van der Waals surface area contributed by atoms with Crippen LogP contribution in [-0.4, -0.2) is 35.0 Å². The fourth-order valence-corrected chi connectivity index (χ4v) is 4.55. The molecule has 1 saturated carbocycles. The van der Waals surface area contributed by atoms with Crippen molar-refractivity contribution in [2.75, 3.05) is 12.4 Å². The van der Waals surface area contributed by atoms with Crippen molar-refractivity contribution in [3.05, 3.63) is 40.5 Å². The number of hydrogen-bond donors (Lipinski definition) is 2. The summed E-state index contributed by atoms with van der Waals surface area (Å²) in [4.78, 5) is 12.7. The molecule has 0 bridgehead atoms. The molecule has 168 valence electrons. The number of amides is 1. The van der Waals surface area contributed by atoms with Gasteiger partial charge in [0.1, 0.15) is 16.6 Å². The second-order valence-electron chi connectivity index (χ2n) is 8.03. The highest BCUT2D eigenvalue weighted by atomic mass is 35.5. The van der Waals surface area contributed by atoms with Crippen molar-refractivity contribution in [2.24, 2.45) is 0 Å². The van der Waals surface area contributed by atoms with E-state index in [0.717, 1.165) is 36.8 Å². The van der Waals surface area contributed by atoms with Gasteiger partial charge in [-0.05, 0) is 30.5 Å². The lowest BCUT2D eigenvalue weighted by Gasteiger charge is -2.33. The SMILES string of the molecule is COc1ccc([C@@H]2C[C@@H](C(F)(F)F)n3nc(C(=O)NC4CCCCC4)c(Cl)c3N2)cc1. The van der Waals surface area contributed by atoms with Crippen LogP contribution in [0.15, 0.2) is 24.3 Å². The summed E-state index contributed by atoms with van der Waals surface area (Å²) in [7, 11) is 1.52. The first-order valence-corrected chi connectivity index (χ1v) is 10.7. The quantitative estimate of drug-likeness (QED) is 0.657. The molecule has 0 spiro atoms. The number of ether oxygens (including phenoxy) is 1. The lowest BCUT2D eigenvalue weighted by molar-refractivity contribution is -0.173. The smallest absolute Gasteiger partial charge is 0.410 e. The van der Waals surface area contributed by atoms with Gasteiger partial charge in [-0.1, -0.05) is 43.0 Å². The fraction of sp³-hybridized carbons (Fsp3) is 0.524. The standard InChI is InChI=1S/C21H24ClF3N4O2/c1-31-14-9-7-12(8-10-14)15-11-16(21(23,24)25)29-19(27-15)17(22)18(28-29)20(30)26-13-5-3-2-4-6-13/h7-10,13,15-16,27H,2-6,11H2,1H3,(H,26,30)/t15-,16-/m0/s1. The Labute approximate surface area is 183 Å². The molecule has 1 aliphatic carbocycles. The number of nitrogens with zero attached hydrogens (tertiary/aromatic N) is 2. The van der Waals surface area contributed by atoms with Crippen LogP contribution >= 0.6 is 11.6 Å². The van der Waals surface area contributed by atoms with Gasteiger partial charge in [0.2, 0.25) is 0 Å². The third-order valence-electron chi connectivity index (χ3n) is 5.97. The largest absolute Gasteiger partial charge is 0.497 e. The number of methoxy groups -OCH3 is 1. The predicted molar refractivity (Wildman–Crippen MR) is 111 cm³/mol. The Morgan fingerprint density at radius 2 is 1.90 bits per heavy atom. The number of halogens is 4. The first kappa shape index (κ1) is 21.8. The minimum absolute atomic E-state index is 0.00449. The molecule has 1 aliphatic heterocycles. The van der Waals surface area contributed by atoms with Crippen molar-refractivity contribution in [1.82, 2.24) is 15.1 Å². The van der Waals surface area contributed by atoms with E-state index in [9.17, 15) is 18.0 Å². The van der Waals surface area contributed by atoms with Gasteiger partial charge >= 0.3 is 6.18 Å². The average Bonchev–Trinajstić information content (AvgIpc) is 3.10. The Morgan fingerprint density at radius 1 is 1.23 bits per heavy atom. The third-order valence-corrected chi connectivity index (χ3v) is 6.33. The van der Waals surface area contributed by atoms with Crippen LogP contribution in [0.5, 0.6) is 5.75 Å². The number of carbonyl (C=O) groups excluding carboxylic acids is 1.